The molecule has 240 valence electrons. The van der Waals surface area contributed by atoms with Crippen molar-refractivity contribution in [2.75, 3.05) is 19.8 Å². The molecule has 0 amide bonds. The third-order valence-electron chi connectivity index (χ3n) is 7.15. The number of hydrogen-bond donors (Lipinski definition) is 4. The van der Waals surface area contributed by atoms with Crippen LogP contribution in [0.2, 0.25) is 0 Å². The van der Waals surface area contributed by atoms with Crippen molar-refractivity contribution in [2.45, 2.75) is 153 Å². The largest absolute Gasteiger partial charge is 0.462 e. The quantitative estimate of drug-likeness (QED) is 0.0737. The number of carbonyl (C=O) groups is 2. The summed E-state index contributed by atoms with van der Waals surface area (Å²) in [5.74, 6) is -0.848. The molecule has 1 aliphatic rings. The van der Waals surface area contributed by atoms with Crippen LogP contribution in [0.5, 0.6) is 0 Å². The Hall–Kier alpha value is -1.56. The normalized spacial score (nSPS) is 23.5. The van der Waals surface area contributed by atoms with Crippen LogP contribution in [0.15, 0.2) is 12.2 Å². The molecule has 0 spiro atoms. The number of aliphatic hydroxyl groups is 4. The molecule has 0 aromatic rings. The van der Waals surface area contributed by atoms with E-state index in [9.17, 15) is 30.0 Å². The van der Waals surface area contributed by atoms with Crippen molar-refractivity contribution in [3.63, 3.8) is 0 Å². The Morgan fingerprint density at radius 1 is 0.732 bits per heavy atom. The maximum atomic E-state index is 12.5. The molecule has 1 rings (SSSR count). The van der Waals surface area contributed by atoms with Crippen molar-refractivity contribution < 1.29 is 49.0 Å². The van der Waals surface area contributed by atoms with Crippen molar-refractivity contribution in [3.8, 4) is 0 Å². The number of carbonyl (C=O) groups excluding carboxylic acids is 2. The smallest absolute Gasteiger partial charge is 0.306 e. The van der Waals surface area contributed by atoms with Crippen LogP contribution in [0.4, 0.5) is 0 Å². The van der Waals surface area contributed by atoms with E-state index in [1.165, 1.54) is 25.7 Å². The molecule has 0 aliphatic carbocycles. The van der Waals surface area contributed by atoms with Gasteiger partial charge in [-0.05, 0) is 38.5 Å². The predicted octanol–water partition coefficient (Wildman–Crippen LogP) is 4.10. The second-order valence-electron chi connectivity index (χ2n) is 10.9. The van der Waals surface area contributed by atoms with Crippen LogP contribution in [0, 0.1) is 0 Å². The lowest BCUT2D eigenvalue weighted by molar-refractivity contribution is -0.305. The van der Waals surface area contributed by atoms with E-state index in [1.54, 1.807) is 0 Å². The minimum Gasteiger partial charge on any atom is -0.462 e. The molecule has 0 aromatic carbocycles. The summed E-state index contributed by atoms with van der Waals surface area (Å²) in [6, 6.07) is 0. The first kappa shape index (κ1) is 37.5. The Morgan fingerprint density at radius 2 is 1.29 bits per heavy atom. The van der Waals surface area contributed by atoms with Gasteiger partial charge in [-0.2, -0.15) is 0 Å². The molecule has 0 aromatic heterocycles. The summed E-state index contributed by atoms with van der Waals surface area (Å²) in [7, 11) is 0. The molecule has 10 nitrogen and oxygen atoms in total. The lowest BCUT2D eigenvalue weighted by atomic mass is 9.99. The first-order valence-electron chi connectivity index (χ1n) is 15.8. The molecule has 6 atom stereocenters. The van der Waals surface area contributed by atoms with Crippen LogP contribution in [0.1, 0.15) is 117 Å². The first-order chi connectivity index (χ1) is 19.8. The van der Waals surface area contributed by atoms with Gasteiger partial charge in [0.25, 0.3) is 0 Å². The van der Waals surface area contributed by atoms with E-state index in [0.29, 0.717) is 12.8 Å². The van der Waals surface area contributed by atoms with E-state index < -0.39 is 55.4 Å². The second-order valence-corrected chi connectivity index (χ2v) is 10.9. The zero-order valence-electron chi connectivity index (χ0n) is 25.3. The van der Waals surface area contributed by atoms with Gasteiger partial charge in [-0.15, -0.1) is 0 Å². The van der Waals surface area contributed by atoms with Gasteiger partial charge in [0, 0.05) is 12.8 Å². The highest BCUT2D eigenvalue weighted by Gasteiger charge is 2.44. The fourth-order valence-corrected chi connectivity index (χ4v) is 4.53. The molecule has 6 unspecified atom stereocenters. The summed E-state index contributed by atoms with van der Waals surface area (Å²) in [5, 5.41) is 39.5. The van der Waals surface area contributed by atoms with Crippen molar-refractivity contribution in [2.24, 2.45) is 0 Å². The zero-order valence-corrected chi connectivity index (χ0v) is 25.3. The maximum absolute atomic E-state index is 12.5. The van der Waals surface area contributed by atoms with E-state index in [-0.39, 0.29) is 26.1 Å². The summed E-state index contributed by atoms with van der Waals surface area (Å²) in [5.41, 5.74) is 0. The van der Waals surface area contributed by atoms with Gasteiger partial charge < -0.3 is 39.4 Å². The predicted molar refractivity (Wildman–Crippen MR) is 155 cm³/mol. The molecule has 1 aliphatic heterocycles. The van der Waals surface area contributed by atoms with Gasteiger partial charge in [0.2, 0.25) is 0 Å². The Kier molecular flexibility index (Phi) is 21.9. The minimum atomic E-state index is -1.59. The highest BCUT2D eigenvalue weighted by atomic mass is 16.7. The molecule has 1 saturated heterocycles. The van der Waals surface area contributed by atoms with E-state index in [0.717, 1.165) is 51.4 Å². The summed E-state index contributed by atoms with van der Waals surface area (Å²) in [6.45, 7) is 3.17. The average Bonchev–Trinajstić information content (AvgIpc) is 2.96. The van der Waals surface area contributed by atoms with Crippen LogP contribution >= 0.6 is 0 Å². The Balaban J connectivity index is 2.41. The number of ether oxygens (including phenoxy) is 4. The molecule has 10 heteroatoms. The SMILES string of the molecule is CCCCCC/C=C\CCCCCCCC(=O)OC(COC(=O)CCCCC)COC1OC(CO)C(O)C(O)C1O. The van der Waals surface area contributed by atoms with Gasteiger partial charge in [0.1, 0.15) is 31.0 Å². The van der Waals surface area contributed by atoms with Crippen molar-refractivity contribution in [1.82, 2.24) is 0 Å². The third-order valence-corrected chi connectivity index (χ3v) is 7.15. The van der Waals surface area contributed by atoms with Crippen LogP contribution in [0.3, 0.4) is 0 Å². The van der Waals surface area contributed by atoms with Crippen molar-refractivity contribution in [1.29, 1.82) is 0 Å². The molecule has 41 heavy (non-hydrogen) atoms. The summed E-state index contributed by atoms with van der Waals surface area (Å²) >= 11 is 0. The first-order valence-corrected chi connectivity index (χ1v) is 15.8. The Labute approximate surface area is 246 Å². The zero-order chi connectivity index (χ0) is 30.3. The van der Waals surface area contributed by atoms with E-state index in [1.807, 2.05) is 6.92 Å². The summed E-state index contributed by atoms with van der Waals surface area (Å²) in [4.78, 5) is 24.6. The molecular formula is C31H56O10. The van der Waals surface area contributed by atoms with E-state index in [2.05, 4.69) is 19.1 Å². The number of esters is 2. The van der Waals surface area contributed by atoms with Crippen LogP contribution in [-0.4, -0.2) is 89.0 Å². The molecule has 1 fully saturated rings. The number of aliphatic hydroxyl groups excluding tert-OH is 4. The van der Waals surface area contributed by atoms with Crippen LogP contribution in [-0.2, 0) is 28.5 Å². The van der Waals surface area contributed by atoms with Crippen molar-refractivity contribution in [3.05, 3.63) is 12.2 Å². The fraction of sp³-hybridized carbons (Fsp3) is 0.871. The standard InChI is InChI=1S/C31H56O10/c1-3-5-7-8-9-10-11-12-13-14-15-16-18-20-27(34)40-24(22-38-26(33)19-17-6-4-2)23-39-31-30(37)29(36)28(35)25(21-32)41-31/h10-11,24-25,28-32,35-37H,3-9,12-23H2,1-2H3/b11-10-. The third kappa shape index (κ3) is 17.2. The molecule has 1 heterocycles. The second kappa shape index (κ2) is 23.9. The van der Waals surface area contributed by atoms with Crippen LogP contribution < -0.4 is 0 Å². The van der Waals surface area contributed by atoms with Gasteiger partial charge in [0.15, 0.2) is 12.4 Å². The van der Waals surface area contributed by atoms with Crippen LogP contribution in [0.25, 0.3) is 0 Å². The van der Waals surface area contributed by atoms with Gasteiger partial charge in [-0.1, -0.05) is 77.4 Å². The molecule has 4 N–H and O–H groups in total. The monoisotopic (exact) mass is 588 g/mol. The molecule has 0 bridgehead atoms. The van der Waals surface area contributed by atoms with Crippen molar-refractivity contribution >= 4 is 11.9 Å². The lowest BCUT2D eigenvalue weighted by Gasteiger charge is -2.39. The highest BCUT2D eigenvalue weighted by Crippen LogP contribution is 2.22. The number of allylic oxidation sites excluding steroid dienone is 2. The fourth-order valence-electron chi connectivity index (χ4n) is 4.53. The van der Waals surface area contributed by atoms with Gasteiger partial charge in [0.05, 0.1) is 13.2 Å². The molecular weight excluding hydrogens is 532 g/mol. The summed E-state index contributed by atoms with van der Waals surface area (Å²) < 4.78 is 21.7. The van der Waals surface area contributed by atoms with E-state index >= 15 is 0 Å². The number of hydrogen-bond acceptors (Lipinski definition) is 10. The topological polar surface area (TPSA) is 152 Å². The Morgan fingerprint density at radius 3 is 1.95 bits per heavy atom. The van der Waals surface area contributed by atoms with Gasteiger partial charge >= 0.3 is 11.9 Å². The van der Waals surface area contributed by atoms with E-state index in [4.69, 9.17) is 18.9 Å². The Bertz CT molecular complexity index is 698. The maximum Gasteiger partial charge on any atom is 0.306 e. The molecule has 0 radical (unpaired) electrons. The van der Waals surface area contributed by atoms with Gasteiger partial charge in [-0.3, -0.25) is 9.59 Å². The average molecular weight is 589 g/mol. The van der Waals surface area contributed by atoms with Gasteiger partial charge in [-0.25, -0.2) is 0 Å². The highest BCUT2D eigenvalue weighted by molar-refractivity contribution is 5.70. The summed E-state index contributed by atoms with van der Waals surface area (Å²) in [6.07, 6.45) is 11.8. The molecule has 0 saturated carbocycles. The lowest BCUT2D eigenvalue weighted by Crippen LogP contribution is -2.59. The minimum absolute atomic E-state index is 0.221. The number of rotatable bonds is 24. The number of unbranched alkanes of at least 4 members (excludes halogenated alkanes) is 11.